The molecule has 3 rings (SSSR count). The quantitative estimate of drug-likeness (QED) is 0.873. The van der Waals surface area contributed by atoms with Gasteiger partial charge in [0.1, 0.15) is 0 Å². The van der Waals surface area contributed by atoms with Gasteiger partial charge in [0.25, 0.3) is 0 Å². The predicted molar refractivity (Wildman–Crippen MR) is 82.9 cm³/mol. The van der Waals surface area contributed by atoms with E-state index < -0.39 is 0 Å². The van der Waals surface area contributed by atoms with E-state index in [1.165, 1.54) is 12.3 Å². The van der Waals surface area contributed by atoms with Crippen molar-refractivity contribution in [3.05, 3.63) is 46.6 Å². The van der Waals surface area contributed by atoms with Crippen molar-refractivity contribution in [1.82, 2.24) is 19.4 Å². The van der Waals surface area contributed by atoms with E-state index >= 15 is 0 Å². The Bertz CT molecular complexity index is 693. The van der Waals surface area contributed by atoms with Crippen LogP contribution < -0.4 is 10.3 Å². The normalized spacial score (nSPS) is 16.0. The largest absolute Gasteiger partial charge is 0.503 e. The van der Waals surface area contributed by atoms with Crippen molar-refractivity contribution >= 4 is 5.95 Å². The van der Waals surface area contributed by atoms with Crippen molar-refractivity contribution in [2.45, 2.75) is 6.54 Å². The summed E-state index contributed by atoms with van der Waals surface area (Å²) in [5, 5.41) is 9.42. The zero-order valence-corrected chi connectivity index (χ0v) is 12.5. The second kappa shape index (κ2) is 6.15. The number of aryl methyl sites for hydroxylation is 1. The highest BCUT2D eigenvalue weighted by Gasteiger charge is 2.19. The van der Waals surface area contributed by atoms with Gasteiger partial charge in [-0.25, -0.2) is 9.97 Å². The molecule has 2 aromatic heterocycles. The van der Waals surface area contributed by atoms with Gasteiger partial charge in [-0.3, -0.25) is 9.69 Å². The molecule has 0 bridgehead atoms. The van der Waals surface area contributed by atoms with Crippen LogP contribution in [0.15, 0.2) is 35.5 Å². The van der Waals surface area contributed by atoms with Crippen molar-refractivity contribution < 1.29 is 5.11 Å². The predicted octanol–water partition coefficient (Wildman–Crippen LogP) is 0.203. The zero-order chi connectivity index (χ0) is 15.5. The van der Waals surface area contributed by atoms with Crippen molar-refractivity contribution in [3.8, 4) is 5.75 Å². The molecule has 22 heavy (non-hydrogen) atoms. The summed E-state index contributed by atoms with van der Waals surface area (Å²) in [6.45, 7) is 4.17. The molecule has 0 saturated carbocycles. The average molecular weight is 301 g/mol. The Morgan fingerprint density at radius 1 is 1.18 bits per heavy atom. The molecule has 7 heteroatoms. The Kier molecular flexibility index (Phi) is 4.06. The van der Waals surface area contributed by atoms with Gasteiger partial charge in [0.05, 0.1) is 0 Å². The number of pyridine rings is 1. The maximum absolute atomic E-state index is 11.6. The van der Waals surface area contributed by atoms with Gasteiger partial charge < -0.3 is 14.6 Å². The van der Waals surface area contributed by atoms with E-state index in [1.54, 1.807) is 17.0 Å². The molecule has 1 aliphatic rings. The van der Waals surface area contributed by atoms with E-state index in [0.717, 1.165) is 37.8 Å². The van der Waals surface area contributed by atoms with Gasteiger partial charge in [0.2, 0.25) is 11.4 Å². The number of aromatic nitrogens is 3. The first kappa shape index (κ1) is 14.5. The van der Waals surface area contributed by atoms with Gasteiger partial charge in [0.15, 0.2) is 5.75 Å². The summed E-state index contributed by atoms with van der Waals surface area (Å²) in [5.41, 5.74) is 0.566. The molecule has 116 valence electrons. The van der Waals surface area contributed by atoms with Gasteiger partial charge in [-0.1, -0.05) is 0 Å². The second-order valence-corrected chi connectivity index (χ2v) is 5.44. The van der Waals surface area contributed by atoms with Crippen LogP contribution in [0.25, 0.3) is 0 Å². The molecule has 0 amide bonds. The van der Waals surface area contributed by atoms with E-state index in [0.29, 0.717) is 6.54 Å². The van der Waals surface area contributed by atoms with Crippen LogP contribution >= 0.6 is 0 Å². The summed E-state index contributed by atoms with van der Waals surface area (Å²) in [6, 6.07) is 3.31. The molecule has 0 atom stereocenters. The van der Waals surface area contributed by atoms with Crippen LogP contribution in [0, 0.1) is 0 Å². The Labute approximate surface area is 128 Å². The molecule has 1 N–H and O–H groups in total. The summed E-state index contributed by atoms with van der Waals surface area (Å²) in [4.78, 5) is 24.5. The summed E-state index contributed by atoms with van der Waals surface area (Å²) in [6.07, 6.45) is 4.97. The monoisotopic (exact) mass is 301 g/mol. The van der Waals surface area contributed by atoms with Gasteiger partial charge in [-0.15, -0.1) is 0 Å². The van der Waals surface area contributed by atoms with Crippen molar-refractivity contribution in [3.63, 3.8) is 0 Å². The maximum atomic E-state index is 11.6. The fraction of sp³-hybridized carbons (Fsp3) is 0.400. The van der Waals surface area contributed by atoms with Crippen LogP contribution in [-0.4, -0.2) is 50.7 Å². The lowest BCUT2D eigenvalue weighted by atomic mass is 10.2. The molecule has 1 saturated heterocycles. The zero-order valence-electron chi connectivity index (χ0n) is 12.5. The fourth-order valence-corrected chi connectivity index (χ4v) is 2.60. The molecule has 1 fully saturated rings. The molecular weight excluding hydrogens is 282 g/mol. The highest BCUT2D eigenvalue weighted by molar-refractivity contribution is 5.29. The number of hydrogen-bond acceptors (Lipinski definition) is 6. The van der Waals surface area contributed by atoms with E-state index in [-0.39, 0.29) is 11.2 Å². The SMILES string of the molecule is Cn1cc(O)c(=O)cc1CN1CCN(c2ncccn2)CC1. The summed E-state index contributed by atoms with van der Waals surface area (Å²) in [5.74, 6) is 0.552. The molecule has 0 unspecified atom stereocenters. The first-order chi connectivity index (χ1) is 10.6. The Balaban J connectivity index is 1.63. The lowest BCUT2D eigenvalue weighted by Crippen LogP contribution is -2.46. The highest BCUT2D eigenvalue weighted by Crippen LogP contribution is 2.12. The van der Waals surface area contributed by atoms with Crippen LogP contribution in [0.5, 0.6) is 5.75 Å². The number of nitrogens with zero attached hydrogens (tertiary/aromatic N) is 5. The topological polar surface area (TPSA) is 74.5 Å². The summed E-state index contributed by atoms with van der Waals surface area (Å²) in [7, 11) is 1.84. The van der Waals surface area contributed by atoms with Crippen LogP contribution in [0.1, 0.15) is 5.69 Å². The first-order valence-electron chi connectivity index (χ1n) is 7.26. The van der Waals surface area contributed by atoms with Crippen LogP contribution in [0.3, 0.4) is 0 Å². The molecule has 0 aromatic carbocycles. The molecular formula is C15H19N5O2. The molecule has 1 aliphatic heterocycles. The fourth-order valence-electron chi connectivity index (χ4n) is 2.60. The van der Waals surface area contributed by atoms with Crippen molar-refractivity contribution in [1.29, 1.82) is 0 Å². The molecule has 3 heterocycles. The maximum Gasteiger partial charge on any atom is 0.225 e. The number of rotatable bonds is 3. The minimum Gasteiger partial charge on any atom is -0.503 e. The lowest BCUT2D eigenvalue weighted by molar-refractivity contribution is 0.243. The van der Waals surface area contributed by atoms with Crippen LogP contribution in [0.2, 0.25) is 0 Å². The summed E-state index contributed by atoms with van der Waals surface area (Å²) < 4.78 is 1.80. The van der Waals surface area contributed by atoms with E-state index in [9.17, 15) is 9.90 Å². The van der Waals surface area contributed by atoms with Crippen LogP contribution in [0.4, 0.5) is 5.95 Å². The third-order valence-corrected chi connectivity index (χ3v) is 3.91. The Morgan fingerprint density at radius 2 is 1.86 bits per heavy atom. The van der Waals surface area contributed by atoms with Crippen LogP contribution in [-0.2, 0) is 13.6 Å². The number of aromatic hydroxyl groups is 1. The first-order valence-corrected chi connectivity index (χ1v) is 7.26. The van der Waals surface area contributed by atoms with E-state index in [2.05, 4.69) is 19.8 Å². The van der Waals surface area contributed by atoms with E-state index in [4.69, 9.17) is 0 Å². The lowest BCUT2D eigenvalue weighted by Gasteiger charge is -2.34. The Morgan fingerprint density at radius 3 is 2.55 bits per heavy atom. The molecule has 0 spiro atoms. The molecule has 0 radical (unpaired) electrons. The van der Waals surface area contributed by atoms with Gasteiger partial charge >= 0.3 is 0 Å². The minimum absolute atomic E-state index is 0.211. The van der Waals surface area contributed by atoms with Crippen molar-refractivity contribution in [2.75, 3.05) is 31.1 Å². The second-order valence-electron chi connectivity index (χ2n) is 5.44. The number of piperazine rings is 1. The van der Waals surface area contributed by atoms with E-state index in [1.807, 2.05) is 13.1 Å². The summed E-state index contributed by atoms with van der Waals surface area (Å²) >= 11 is 0. The Hall–Kier alpha value is -2.41. The smallest absolute Gasteiger partial charge is 0.225 e. The highest BCUT2D eigenvalue weighted by atomic mass is 16.3. The molecule has 7 nitrogen and oxygen atoms in total. The third kappa shape index (κ3) is 3.09. The standard InChI is InChI=1S/C15H19N5O2/c1-18-11-14(22)13(21)9-12(18)10-19-5-7-20(8-6-19)15-16-3-2-4-17-15/h2-4,9,11,22H,5-8,10H2,1H3. The van der Waals surface area contributed by atoms with Gasteiger partial charge in [0, 0.05) is 70.1 Å². The number of hydrogen-bond donors (Lipinski definition) is 1. The van der Waals surface area contributed by atoms with Crippen molar-refractivity contribution in [2.24, 2.45) is 7.05 Å². The third-order valence-electron chi connectivity index (χ3n) is 3.91. The minimum atomic E-state index is -0.329. The van der Waals surface area contributed by atoms with Gasteiger partial charge in [-0.2, -0.15) is 0 Å². The molecule has 0 aliphatic carbocycles. The number of anilines is 1. The van der Waals surface area contributed by atoms with Gasteiger partial charge in [-0.05, 0) is 6.07 Å². The molecule has 2 aromatic rings. The average Bonchev–Trinajstić information content (AvgIpc) is 2.54.